The molecule has 0 atom stereocenters. The van der Waals surface area contributed by atoms with E-state index in [0.29, 0.717) is 10.8 Å². The molecule has 0 saturated carbocycles. The summed E-state index contributed by atoms with van der Waals surface area (Å²) in [7, 11) is 0. The fourth-order valence-corrected chi connectivity index (χ4v) is 4.54. The first-order valence-electron chi connectivity index (χ1n) is 8.91. The number of rotatable bonds is 3. The van der Waals surface area contributed by atoms with E-state index in [1.54, 1.807) is 29.8 Å². The molecule has 4 rings (SSSR count). The molecule has 8 heteroatoms. The largest absolute Gasteiger partial charge is 0.356 e. The van der Waals surface area contributed by atoms with Crippen molar-refractivity contribution in [1.82, 2.24) is 15.0 Å². The number of aromatic nitrogens is 3. The Labute approximate surface area is 166 Å². The van der Waals surface area contributed by atoms with Crippen LogP contribution in [0.2, 0.25) is 5.02 Å². The molecule has 1 saturated heterocycles. The summed E-state index contributed by atoms with van der Waals surface area (Å²) in [5, 5.41) is 4.58. The molecule has 1 N–H and O–H groups in total. The van der Waals surface area contributed by atoms with Crippen LogP contribution in [0.3, 0.4) is 0 Å². The summed E-state index contributed by atoms with van der Waals surface area (Å²) >= 11 is 7.54. The third kappa shape index (κ3) is 3.61. The molecule has 140 valence electrons. The molecule has 0 aromatic carbocycles. The first kappa shape index (κ1) is 18.1. The quantitative estimate of drug-likeness (QED) is 0.711. The Balaban J connectivity index is 1.45. The summed E-state index contributed by atoms with van der Waals surface area (Å²) in [5.74, 6) is 1.51. The standard InChI is InChI=1S/C19H20ClN5OS/c1-11-12(2)27-19-16(11)17(22-10-23-19)25-7-5-13(6-8-25)18(26)24-15-4-3-14(20)9-21-15/h3-4,9-10,13H,5-8H2,1-2H3,(H,21,24,26). The minimum Gasteiger partial charge on any atom is -0.356 e. The van der Waals surface area contributed by atoms with Crippen LogP contribution in [0.25, 0.3) is 10.2 Å². The molecule has 0 aliphatic carbocycles. The summed E-state index contributed by atoms with van der Waals surface area (Å²) in [5.41, 5.74) is 1.25. The van der Waals surface area contributed by atoms with E-state index in [2.05, 4.69) is 39.0 Å². The van der Waals surface area contributed by atoms with E-state index in [4.69, 9.17) is 11.6 Å². The molecule has 0 spiro atoms. The van der Waals surface area contributed by atoms with Crippen molar-refractivity contribution in [2.75, 3.05) is 23.3 Å². The normalized spacial score (nSPS) is 15.3. The number of pyridine rings is 1. The first-order valence-corrected chi connectivity index (χ1v) is 10.1. The highest BCUT2D eigenvalue weighted by atomic mass is 35.5. The predicted octanol–water partition coefficient (Wildman–Crippen LogP) is 4.21. The average Bonchev–Trinajstić information content (AvgIpc) is 2.98. The number of carbonyl (C=O) groups excluding carboxylic acids is 1. The van der Waals surface area contributed by atoms with Crippen molar-refractivity contribution in [1.29, 1.82) is 0 Å². The molecular formula is C19H20ClN5OS. The number of fused-ring (bicyclic) bond motifs is 1. The van der Waals surface area contributed by atoms with Gasteiger partial charge in [-0.05, 0) is 44.4 Å². The molecule has 27 heavy (non-hydrogen) atoms. The summed E-state index contributed by atoms with van der Waals surface area (Å²) in [6.45, 7) is 5.84. The summed E-state index contributed by atoms with van der Waals surface area (Å²) in [6.07, 6.45) is 4.74. The third-order valence-electron chi connectivity index (χ3n) is 5.09. The van der Waals surface area contributed by atoms with Gasteiger partial charge in [0.1, 0.15) is 22.8 Å². The van der Waals surface area contributed by atoms with E-state index in [1.165, 1.54) is 16.6 Å². The highest BCUT2D eigenvalue weighted by molar-refractivity contribution is 7.18. The topological polar surface area (TPSA) is 71.0 Å². The number of nitrogens with one attached hydrogen (secondary N) is 1. The molecule has 1 amide bonds. The maximum Gasteiger partial charge on any atom is 0.228 e. The number of amides is 1. The van der Waals surface area contributed by atoms with E-state index >= 15 is 0 Å². The average molecular weight is 402 g/mol. The van der Waals surface area contributed by atoms with Gasteiger partial charge in [-0.15, -0.1) is 11.3 Å². The molecule has 3 aromatic heterocycles. The molecule has 6 nitrogen and oxygen atoms in total. The Morgan fingerprint density at radius 1 is 1.22 bits per heavy atom. The van der Waals surface area contributed by atoms with Gasteiger partial charge >= 0.3 is 0 Å². The Morgan fingerprint density at radius 2 is 2.00 bits per heavy atom. The Hall–Kier alpha value is -2.25. The Kier molecular flexibility index (Phi) is 4.97. The lowest BCUT2D eigenvalue weighted by molar-refractivity contribution is -0.120. The van der Waals surface area contributed by atoms with E-state index in [1.807, 2.05) is 0 Å². The van der Waals surface area contributed by atoms with Gasteiger partial charge in [0.15, 0.2) is 0 Å². The van der Waals surface area contributed by atoms with Gasteiger partial charge in [-0.25, -0.2) is 15.0 Å². The van der Waals surface area contributed by atoms with E-state index < -0.39 is 0 Å². The van der Waals surface area contributed by atoms with Gasteiger partial charge in [0.05, 0.1) is 10.4 Å². The van der Waals surface area contributed by atoms with Crippen LogP contribution < -0.4 is 10.2 Å². The molecule has 0 radical (unpaired) electrons. The number of hydrogen-bond acceptors (Lipinski definition) is 6. The SMILES string of the molecule is Cc1sc2ncnc(N3CCC(C(=O)Nc4ccc(Cl)cn4)CC3)c2c1C. The van der Waals surface area contributed by atoms with E-state index in [0.717, 1.165) is 42.0 Å². The van der Waals surface area contributed by atoms with E-state index in [-0.39, 0.29) is 11.8 Å². The van der Waals surface area contributed by atoms with Crippen LogP contribution in [0.4, 0.5) is 11.6 Å². The van der Waals surface area contributed by atoms with Gasteiger partial charge < -0.3 is 10.2 Å². The number of nitrogens with zero attached hydrogens (tertiary/aromatic N) is 4. The number of thiophene rings is 1. The first-order chi connectivity index (χ1) is 13.0. The van der Waals surface area contributed by atoms with Crippen LogP contribution in [0, 0.1) is 19.8 Å². The fraction of sp³-hybridized carbons (Fsp3) is 0.368. The highest BCUT2D eigenvalue weighted by Gasteiger charge is 2.27. The number of anilines is 2. The molecule has 1 aliphatic rings. The van der Waals surface area contributed by atoms with Crippen molar-refractivity contribution in [3.05, 3.63) is 40.1 Å². The lowest BCUT2D eigenvalue weighted by atomic mass is 9.95. The van der Waals surface area contributed by atoms with Gasteiger partial charge in [0, 0.05) is 30.1 Å². The zero-order valence-electron chi connectivity index (χ0n) is 15.2. The molecule has 4 heterocycles. The van der Waals surface area contributed by atoms with Crippen LogP contribution in [-0.4, -0.2) is 33.9 Å². The maximum atomic E-state index is 12.5. The Morgan fingerprint density at radius 3 is 2.70 bits per heavy atom. The number of piperidine rings is 1. The van der Waals surface area contributed by atoms with Gasteiger partial charge in [-0.1, -0.05) is 11.6 Å². The lowest BCUT2D eigenvalue weighted by Gasteiger charge is -2.32. The molecule has 1 fully saturated rings. The van der Waals surface area contributed by atoms with Gasteiger partial charge in [-0.3, -0.25) is 4.79 Å². The van der Waals surface area contributed by atoms with Crippen molar-refractivity contribution >= 4 is 50.7 Å². The van der Waals surface area contributed by atoms with Crippen molar-refractivity contribution in [3.8, 4) is 0 Å². The Bertz CT molecular complexity index is 980. The number of aryl methyl sites for hydroxylation is 2. The van der Waals surface area contributed by atoms with Gasteiger partial charge in [0.25, 0.3) is 0 Å². The van der Waals surface area contributed by atoms with Crippen molar-refractivity contribution in [2.24, 2.45) is 5.92 Å². The maximum absolute atomic E-state index is 12.5. The molecule has 1 aliphatic heterocycles. The second kappa shape index (κ2) is 7.40. The lowest BCUT2D eigenvalue weighted by Crippen LogP contribution is -2.38. The van der Waals surface area contributed by atoms with Crippen molar-refractivity contribution < 1.29 is 4.79 Å². The monoisotopic (exact) mass is 401 g/mol. The smallest absolute Gasteiger partial charge is 0.228 e. The fourth-order valence-electron chi connectivity index (χ4n) is 3.44. The second-order valence-corrected chi connectivity index (χ2v) is 8.41. The molecule has 0 bridgehead atoms. The molecule has 3 aromatic rings. The third-order valence-corrected chi connectivity index (χ3v) is 6.43. The number of hydrogen-bond donors (Lipinski definition) is 1. The zero-order chi connectivity index (χ0) is 19.0. The van der Waals surface area contributed by atoms with Crippen molar-refractivity contribution in [3.63, 3.8) is 0 Å². The van der Waals surface area contributed by atoms with Gasteiger partial charge in [0.2, 0.25) is 5.91 Å². The van der Waals surface area contributed by atoms with Crippen LogP contribution >= 0.6 is 22.9 Å². The second-order valence-electron chi connectivity index (χ2n) is 6.77. The number of carbonyl (C=O) groups is 1. The minimum atomic E-state index is -0.0265. The number of halogens is 1. The van der Waals surface area contributed by atoms with Crippen LogP contribution in [0.1, 0.15) is 23.3 Å². The molecular weight excluding hydrogens is 382 g/mol. The zero-order valence-corrected chi connectivity index (χ0v) is 16.8. The van der Waals surface area contributed by atoms with Crippen LogP contribution in [0.15, 0.2) is 24.7 Å². The predicted molar refractivity (Wildman–Crippen MR) is 110 cm³/mol. The highest BCUT2D eigenvalue weighted by Crippen LogP contribution is 2.35. The van der Waals surface area contributed by atoms with Crippen LogP contribution in [0.5, 0.6) is 0 Å². The van der Waals surface area contributed by atoms with Crippen LogP contribution in [-0.2, 0) is 4.79 Å². The summed E-state index contributed by atoms with van der Waals surface area (Å²) in [6, 6.07) is 3.44. The summed E-state index contributed by atoms with van der Waals surface area (Å²) in [4.78, 5) is 30.2. The summed E-state index contributed by atoms with van der Waals surface area (Å²) < 4.78 is 0. The molecule has 0 unspecified atom stereocenters. The van der Waals surface area contributed by atoms with Gasteiger partial charge in [-0.2, -0.15) is 0 Å². The van der Waals surface area contributed by atoms with Crippen molar-refractivity contribution in [2.45, 2.75) is 26.7 Å². The van der Waals surface area contributed by atoms with E-state index in [9.17, 15) is 4.79 Å². The minimum absolute atomic E-state index is 0.0138.